The monoisotopic (exact) mass is 478 g/mol. The van der Waals surface area contributed by atoms with Crippen LogP contribution in [0, 0.1) is 0 Å². The number of hydrogen-bond donors (Lipinski definition) is 3. The Hall–Kier alpha value is -0.230. The second kappa shape index (κ2) is 12.2. The molecule has 7 nitrogen and oxygen atoms in total. The van der Waals surface area contributed by atoms with Crippen molar-refractivity contribution < 1.29 is 13.2 Å². The Morgan fingerprint density at radius 3 is 2.65 bits per heavy atom. The second-order valence-corrected chi connectivity index (χ2v) is 8.31. The molecular formula is C13H27IN4O3S2. The lowest BCUT2D eigenvalue weighted by Gasteiger charge is -2.13. The minimum atomic E-state index is -2.96. The van der Waals surface area contributed by atoms with Crippen molar-refractivity contribution in [3.8, 4) is 0 Å². The topological polar surface area (TPSA) is 99.7 Å². The molecule has 1 saturated heterocycles. The molecule has 1 heterocycles. The molecule has 1 unspecified atom stereocenters. The zero-order valence-electron chi connectivity index (χ0n) is 13.6. The maximum Gasteiger partial charge on any atom is 0.222 e. The van der Waals surface area contributed by atoms with E-state index in [4.69, 9.17) is 0 Å². The quantitative estimate of drug-likeness (QED) is 0.200. The van der Waals surface area contributed by atoms with E-state index in [2.05, 4.69) is 20.9 Å². The minimum Gasteiger partial charge on any atom is -0.357 e. The van der Waals surface area contributed by atoms with Crippen LogP contribution in [0.4, 0.5) is 0 Å². The van der Waals surface area contributed by atoms with Gasteiger partial charge in [-0.15, -0.1) is 24.0 Å². The fourth-order valence-corrected chi connectivity index (χ4v) is 4.04. The molecule has 1 atom stereocenters. The number of nitrogens with one attached hydrogen (secondary N) is 3. The molecule has 0 radical (unpaired) electrons. The molecule has 0 aromatic rings. The molecule has 0 aromatic carbocycles. The third-order valence-corrected chi connectivity index (χ3v) is 5.51. The number of carbonyl (C=O) groups is 1. The maximum atomic E-state index is 11.8. The van der Waals surface area contributed by atoms with Gasteiger partial charge >= 0.3 is 0 Å². The van der Waals surface area contributed by atoms with E-state index in [0.717, 1.165) is 18.8 Å². The van der Waals surface area contributed by atoms with Crippen molar-refractivity contribution in [2.45, 2.75) is 25.8 Å². The van der Waals surface area contributed by atoms with Gasteiger partial charge in [-0.2, -0.15) is 11.8 Å². The van der Waals surface area contributed by atoms with Crippen LogP contribution in [-0.4, -0.2) is 69.5 Å². The molecule has 3 N–H and O–H groups in total. The lowest BCUT2D eigenvalue weighted by molar-refractivity contribution is -0.121. The Morgan fingerprint density at radius 2 is 2.09 bits per heavy atom. The number of nitrogens with zero attached hydrogens (tertiary/aromatic N) is 1. The highest BCUT2D eigenvalue weighted by molar-refractivity contribution is 14.0. The summed E-state index contributed by atoms with van der Waals surface area (Å²) in [4.78, 5) is 16.2. The first-order valence-corrected chi connectivity index (χ1v) is 10.7. The number of sulfone groups is 1. The Labute approximate surface area is 160 Å². The summed E-state index contributed by atoms with van der Waals surface area (Å²) >= 11 is 1.73. The van der Waals surface area contributed by atoms with Gasteiger partial charge in [0.05, 0.1) is 18.1 Å². The molecule has 0 spiro atoms. The van der Waals surface area contributed by atoms with Gasteiger partial charge in [-0.1, -0.05) is 0 Å². The molecule has 0 bridgehead atoms. The van der Waals surface area contributed by atoms with E-state index in [9.17, 15) is 13.2 Å². The molecule has 1 fully saturated rings. The van der Waals surface area contributed by atoms with Crippen LogP contribution in [-0.2, 0) is 14.6 Å². The third kappa shape index (κ3) is 10.3. The third-order valence-electron chi connectivity index (χ3n) is 3.15. The van der Waals surface area contributed by atoms with Gasteiger partial charge in [0.1, 0.15) is 0 Å². The summed E-state index contributed by atoms with van der Waals surface area (Å²) < 4.78 is 22.7. The number of thioether (sulfide) groups is 1. The van der Waals surface area contributed by atoms with Crippen LogP contribution in [0.1, 0.15) is 19.8 Å². The van der Waals surface area contributed by atoms with E-state index in [0.29, 0.717) is 25.3 Å². The fraction of sp³-hybridized carbons (Fsp3) is 0.846. The molecular weight excluding hydrogens is 451 g/mol. The number of amides is 1. The van der Waals surface area contributed by atoms with Crippen LogP contribution in [0.15, 0.2) is 4.99 Å². The number of hydrogen-bond acceptors (Lipinski definition) is 5. The Kier molecular flexibility index (Phi) is 12.1. The van der Waals surface area contributed by atoms with E-state index in [1.165, 1.54) is 0 Å². The SMILES string of the molecule is CCNC(=NCCSC)NCCC(=O)NC1CCS(=O)(=O)C1.I. The highest BCUT2D eigenvalue weighted by Crippen LogP contribution is 2.11. The molecule has 0 aromatic heterocycles. The molecule has 1 amide bonds. The van der Waals surface area contributed by atoms with E-state index >= 15 is 0 Å². The number of aliphatic imine (C=N–C) groups is 1. The summed E-state index contributed by atoms with van der Waals surface area (Å²) in [5, 5.41) is 8.99. The van der Waals surface area contributed by atoms with Gasteiger partial charge in [0.2, 0.25) is 5.91 Å². The summed E-state index contributed by atoms with van der Waals surface area (Å²) in [7, 11) is -2.96. The zero-order valence-corrected chi connectivity index (χ0v) is 17.6. The number of halogens is 1. The molecule has 0 aliphatic carbocycles. The summed E-state index contributed by atoms with van der Waals surface area (Å²) in [5.41, 5.74) is 0. The number of rotatable bonds is 8. The van der Waals surface area contributed by atoms with Gasteiger partial charge in [0.15, 0.2) is 15.8 Å². The van der Waals surface area contributed by atoms with Gasteiger partial charge in [0, 0.05) is 31.3 Å². The summed E-state index contributed by atoms with van der Waals surface area (Å²) in [6.07, 6.45) is 2.84. The van der Waals surface area contributed by atoms with Crippen molar-refractivity contribution in [3.05, 3.63) is 0 Å². The summed E-state index contributed by atoms with van der Waals surface area (Å²) in [5.74, 6) is 1.75. The van der Waals surface area contributed by atoms with E-state index in [-0.39, 0.29) is 47.4 Å². The predicted molar refractivity (Wildman–Crippen MR) is 108 cm³/mol. The molecule has 23 heavy (non-hydrogen) atoms. The molecule has 1 aliphatic heterocycles. The first-order chi connectivity index (χ1) is 10.5. The first-order valence-electron chi connectivity index (χ1n) is 7.47. The van der Waals surface area contributed by atoms with Crippen molar-refractivity contribution in [3.63, 3.8) is 0 Å². The van der Waals surface area contributed by atoms with Crippen molar-refractivity contribution in [2.75, 3.05) is 43.1 Å². The van der Waals surface area contributed by atoms with Crippen molar-refractivity contribution >= 4 is 57.4 Å². The van der Waals surface area contributed by atoms with Crippen molar-refractivity contribution in [1.82, 2.24) is 16.0 Å². The van der Waals surface area contributed by atoms with Crippen LogP contribution in [0.2, 0.25) is 0 Å². The minimum absolute atomic E-state index is 0. The van der Waals surface area contributed by atoms with Gasteiger partial charge in [-0.25, -0.2) is 8.42 Å². The Balaban J connectivity index is 0.00000484. The van der Waals surface area contributed by atoms with Crippen LogP contribution >= 0.6 is 35.7 Å². The standard InChI is InChI=1S/C13H26N4O3S2.HI/c1-3-14-13(16-7-8-21-2)15-6-4-12(18)17-11-5-9-22(19,20)10-11;/h11H,3-10H2,1-2H3,(H,17,18)(H2,14,15,16);1H. The highest BCUT2D eigenvalue weighted by Gasteiger charge is 2.28. The average molecular weight is 478 g/mol. The molecule has 1 rings (SSSR count). The van der Waals surface area contributed by atoms with Crippen LogP contribution in [0.5, 0.6) is 0 Å². The second-order valence-electron chi connectivity index (χ2n) is 5.10. The summed E-state index contributed by atoms with van der Waals surface area (Å²) in [6.45, 7) is 3.94. The lowest BCUT2D eigenvalue weighted by Crippen LogP contribution is -2.41. The van der Waals surface area contributed by atoms with Gasteiger partial charge in [0.25, 0.3) is 0 Å². The number of guanidine groups is 1. The molecule has 1 aliphatic rings. The normalized spacial score (nSPS) is 19.7. The largest absolute Gasteiger partial charge is 0.357 e. The molecule has 0 saturated carbocycles. The predicted octanol–water partition coefficient (Wildman–Crippen LogP) is 0.216. The average Bonchev–Trinajstić information content (AvgIpc) is 2.78. The van der Waals surface area contributed by atoms with Crippen LogP contribution < -0.4 is 16.0 Å². The van der Waals surface area contributed by atoms with E-state index in [1.807, 2.05) is 13.2 Å². The number of carbonyl (C=O) groups excluding carboxylic acids is 1. The van der Waals surface area contributed by atoms with Gasteiger partial charge < -0.3 is 16.0 Å². The van der Waals surface area contributed by atoms with E-state index < -0.39 is 9.84 Å². The first kappa shape index (κ1) is 22.8. The van der Waals surface area contributed by atoms with Gasteiger partial charge in [-0.3, -0.25) is 9.79 Å². The lowest BCUT2D eigenvalue weighted by atomic mass is 10.2. The smallest absolute Gasteiger partial charge is 0.222 e. The zero-order chi connectivity index (χ0) is 16.4. The fourth-order valence-electron chi connectivity index (χ4n) is 2.09. The van der Waals surface area contributed by atoms with Gasteiger partial charge in [-0.05, 0) is 19.6 Å². The van der Waals surface area contributed by atoms with Crippen molar-refractivity contribution in [2.24, 2.45) is 4.99 Å². The Morgan fingerprint density at radius 1 is 1.35 bits per heavy atom. The Bertz CT molecular complexity index is 486. The maximum absolute atomic E-state index is 11.8. The van der Waals surface area contributed by atoms with Crippen molar-refractivity contribution in [1.29, 1.82) is 0 Å². The molecule has 136 valence electrons. The van der Waals surface area contributed by atoms with Crippen LogP contribution in [0.25, 0.3) is 0 Å². The summed E-state index contributed by atoms with van der Waals surface area (Å²) in [6, 6.07) is -0.235. The van der Waals surface area contributed by atoms with Crippen LogP contribution in [0.3, 0.4) is 0 Å². The molecule has 10 heteroatoms. The van der Waals surface area contributed by atoms with E-state index in [1.54, 1.807) is 11.8 Å². The highest BCUT2D eigenvalue weighted by atomic mass is 127.